The maximum absolute atomic E-state index is 10.7. The molecule has 0 aromatic heterocycles. The summed E-state index contributed by atoms with van der Waals surface area (Å²) in [6.45, 7) is 1.92. The van der Waals surface area contributed by atoms with Gasteiger partial charge in [-0.05, 0) is 18.9 Å². The molecule has 0 atom stereocenters. The predicted molar refractivity (Wildman–Crippen MR) is 59.0 cm³/mol. The number of hydrogen-bond donors (Lipinski definition) is 1. The summed E-state index contributed by atoms with van der Waals surface area (Å²) in [4.78, 5) is 12.4. The van der Waals surface area contributed by atoms with Crippen LogP contribution >= 0.6 is 0 Å². The van der Waals surface area contributed by atoms with Gasteiger partial charge in [-0.2, -0.15) is 0 Å². The summed E-state index contributed by atoms with van der Waals surface area (Å²) in [5.74, 6) is 0. The van der Waals surface area contributed by atoms with E-state index < -0.39 is 4.92 Å². The fourth-order valence-corrected chi connectivity index (χ4v) is 1.88. The van der Waals surface area contributed by atoms with Gasteiger partial charge >= 0.3 is 0 Å². The molecule has 15 heavy (non-hydrogen) atoms. The third-order valence-corrected chi connectivity index (χ3v) is 2.61. The van der Waals surface area contributed by atoms with Gasteiger partial charge in [-0.25, -0.2) is 0 Å². The zero-order valence-corrected chi connectivity index (χ0v) is 8.35. The molecule has 0 amide bonds. The van der Waals surface area contributed by atoms with Crippen LogP contribution in [0.25, 0.3) is 0 Å². The van der Waals surface area contributed by atoms with Gasteiger partial charge in [-0.3, -0.25) is 10.1 Å². The van der Waals surface area contributed by atoms with Crippen LogP contribution in [0, 0.1) is 10.1 Å². The Morgan fingerprint density at radius 3 is 2.53 bits per heavy atom. The monoisotopic (exact) mass is 207 g/mol. The third kappa shape index (κ3) is 2.01. The molecule has 1 saturated heterocycles. The second-order valence-electron chi connectivity index (χ2n) is 3.73. The van der Waals surface area contributed by atoms with Crippen molar-refractivity contribution in [3.05, 3.63) is 28.3 Å². The number of anilines is 2. The fraction of sp³-hybridized carbons (Fsp3) is 0.400. The molecule has 0 bridgehead atoms. The zero-order valence-electron chi connectivity index (χ0n) is 8.35. The number of nitro benzene ring substituents is 1. The van der Waals surface area contributed by atoms with Gasteiger partial charge < -0.3 is 10.6 Å². The van der Waals surface area contributed by atoms with Gasteiger partial charge in [0.1, 0.15) is 0 Å². The summed E-state index contributed by atoms with van der Waals surface area (Å²) in [7, 11) is 0. The quantitative estimate of drug-likeness (QED) is 0.455. The maximum Gasteiger partial charge on any atom is 0.273 e. The first-order valence-corrected chi connectivity index (χ1v) is 4.97. The van der Waals surface area contributed by atoms with Crippen LogP contribution in [0.3, 0.4) is 0 Å². The Kier molecular flexibility index (Phi) is 2.45. The van der Waals surface area contributed by atoms with Gasteiger partial charge in [0.05, 0.1) is 4.92 Å². The number of nitrogen functional groups attached to an aromatic ring is 1. The van der Waals surface area contributed by atoms with Crippen molar-refractivity contribution in [2.45, 2.75) is 12.8 Å². The predicted octanol–water partition coefficient (Wildman–Crippen LogP) is 1.78. The molecule has 2 rings (SSSR count). The minimum absolute atomic E-state index is 0.0666. The summed E-state index contributed by atoms with van der Waals surface area (Å²) in [5.41, 5.74) is 7.01. The van der Waals surface area contributed by atoms with E-state index in [1.54, 1.807) is 12.1 Å². The number of benzene rings is 1. The number of nitro groups is 1. The highest BCUT2D eigenvalue weighted by molar-refractivity contribution is 5.63. The van der Waals surface area contributed by atoms with Crippen LogP contribution in [0.5, 0.6) is 0 Å². The summed E-state index contributed by atoms with van der Waals surface area (Å²) in [6.07, 6.45) is 2.28. The Hall–Kier alpha value is -1.78. The Balaban J connectivity index is 2.34. The molecule has 0 radical (unpaired) electrons. The van der Waals surface area contributed by atoms with Gasteiger partial charge in [0.25, 0.3) is 5.69 Å². The lowest BCUT2D eigenvalue weighted by Crippen LogP contribution is -2.17. The Morgan fingerprint density at radius 2 is 1.93 bits per heavy atom. The summed E-state index contributed by atoms with van der Waals surface area (Å²) in [5, 5.41) is 10.7. The molecule has 2 N–H and O–H groups in total. The average Bonchev–Trinajstić information content (AvgIpc) is 2.69. The lowest BCUT2D eigenvalue weighted by molar-refractivity contribution is -0.384. The van der Waals surface area contributed by atoms with Gasteiger partial charge in [-0.15, -0.1) is 0 Å². The molecular weight excluding hydrogens is 194 g/mol. The van der Waals surface area contributed by atoms with E-state index >= 15 is 0 Å². The van der Waals surface area contributed by atoms with Crippen molar-refractivity contribution in [1.82, 2.24) is 0 Å². The molecule has 5 nitrogen and oxygen atoms in total. The van der Waals surface area contributed by atoms with Crippen LogP contribution in [0.2, 0.25) is 0 Å². The Labute approximate surface area is 87.6 Å². The summed E-state index contributed by atoms with van der Waals surface area (Å²) < 4.78 is 0. The molecule has 1 aliphatic heterocycles. The van der Waals surface area contributed by atoms with Crippen molar-refractivity contribution in [2.75, 3.05) is 23.7 Å². The smallest absolute Gasteiger partial charge is 0.273 e. The number of non-ortho nitro benzene ring substituents is 1. The summed E-state index contributed by atoms with van der Waals surface area (Å²) >= 11 is 0. The molecule has 80 valence electrons. The number of rotatable bonds is 2. The van der Waals surface area contributed by atoms with E-state index in [-0.39, 0.29) is 5.69 Å². The van der Waals surface area contributed by atoms with Crippen molar-refractivity contribution < 1.29 is 4.92 Å². The van der Waals surface area contributed by atoms with Gasteiger partial charge in [-0.1, -0.05) is 0 Å². The third-order valence-electron chi connectivity index (χ3n) is 2.61. The minimum atomic E-state index is -0.407. The maximum atomic E-state index is 10.7. The number of nitrogens with zero attached hydrogens (tertiary/aromatic N) is 2. The first-order valence-electron chi connectivity index (χ1n) is 4.97. The largest absolute Gasteiger partial charge is 0.398 e. The molecular formula is C10H13N3O2. The van der Waals surface area contributed by atoms with E-state index in [0.29, 0.717) is 5.69 Å². The van der Waals surface area contributed by atoms with Crippen LogP contribution in [0.4, 0.5) is 17.1 Å². The first-order chi connectivity index (χ1) is 7.16. The highest BCUT2D eigenvalue weighted by Gasteiger charge is 2.16. The van der Waals surface area contributed by atoms with Gasteiger partial charge in [0.15, 0.2) is 0 Å². The van der Waals surface area contributed by atoms with Crippen molar-refractivity contribution in [1.29, 1.82) is 0 Å². The lowest BCUT2D eigenvalue weighted by Gasteiger charge is -2.17. The number of hydrogen-bond acceptors (Lipinski definition) is 4. The van der Waals surface area contributed by atoms with E-state index in [2.05, 4.69) is 4.90 Å². The van der Waals surface area contributed by atoms with Crippen molar-refractivity contribution >= 4 is 17.1 Å². The fourth-order valence-electron chi connectivity index (χ4n) is 1.88. The molecule has 1 aromatic carbocycles. The number of nitrogens with two attached hydrogens (primary N) is 1. The molecule has 5 heteroatoms. The topological polar surface area (TPSA) is 72.4 Å². The van der Waals surface area contributed by atoms with Crippen LogP contribution in [0.1, 0.15) is 12.8 Å². The second kappa shape index (κ2) is 3.76. The van der Waals surface area contributed by atoms with E-state index in [4.69, 9.17) is 5.73 Å². The van der Waals surface area contributed by atoms with Gasteiger partial charge in [0.2, 0.25) is 0 Å². The van der Waals surface area contributed by atoms with Crippen molar-refractivity contribution in [2.24, 2.45) is 0 Å². The Bertz CT molecular complexity index is 386. The molecule has 0 unspecified atom stereocenters. The molecule has 0 aliphatic carbocycles. The van der Waals surface area contributed by atoms with Crippen LogP contribution in [-0.4, -0.2) is 18.0 Å². The van der Waals surface area contributed by atoms with Crippen LogP contribution in [-0.2, 0) is 0 Å². The molecule has 0 spiro atoms. The minimum Gasteiger partial charge on any atom is -0.398 e. The van der Waals surface area contributed by atoms with E-state index in [1.165, 1.54) is 6.07 Å². The highest BCUT2D eigenvalue weighted by atomic mass is 16.6. The first kappa shape index (κ1) is 9.76. The van der Waals surface area contributed by atoms with E-state index in [1.807, 2.05) is 0 Å². The van der Waals surface area contributed by atoms with E-state index in [9.17, 15) is 10.1 Å². The van der Waals surface area contributed by atoms with Crippen molar-refractivity contribution in [3.63, 3.8) is 0 Å². The molecule has 1 aliphatic rings. The SMILES string of the molecule is Nc1cc(N2CCCC2)cc([N+](=O)[O-])c1. The standard InChI is InChI=1S/C10H13N3O2/c11-8-5-9(12-3-1-2-4-12)7-10(6-8)13(14)15/h5-7H,1-4,11H2. The second-order valence-corrected chi connectivity index (χ2v) is 3.73. The van der Waals surface area contributed by atoms with Crippen LogP contribution < -0.4 is 10.6 Å². The van der Waals surface area contributed by atoms with Gasteiger partial charge in [0, 0.05) is 36.6 Å². The zero-order chi connectivity index (χ0) is 10.8. The van der Waals surface area contributed by atoms with Crippen LogP contribution in [0.15, 0.2) is 18.2 Å². The molecule has 1 heterocycles. The molecule has 0 saturated carbocycles. The summed E-state index contributed by atoms with van der Waals surface area (Å²) in [6, 6.07) is 4.76. The Morgan fingerprint density at radius 1 is 1.27 bits per heavy atom. The van der Waals surface area contributed by atoms with E-state index in [0.717, 1.165) is 31.6 Å². The lowest BCUT2D eigenvalue weighted by atomic mass is 10.2. The molecule has 1 fully saturated rings. The normalized spacial score (nSPS) is 15.6. The average molecular weight is 207 g/mol. The van der Waals surface area contributed by atoms with Crippen molar-refractivity contribution in [3.8, 4) is 0 Å². The molecule has 1 aromatic rings. The highest BCUT2D eigenvalue weighted by Crippen LogP contribution is 2.27.